The molecular formula is C12H12F3N5O. The summed E-state index contributed by atoms with van der Waals surface area (Å²) in [5.41, 5.74) is 6.92. The summed E-state index contributed by atoms with van der Waals surface area (Å²) in [5.74, 6) is 0.242. The van der Waals surface area contributed by atoms with E-state index in [1.165, 1.54) is 4.57 Å². The molecule has 2 N–H and O–H groups in total. The van der Waals surface area contributed by atoms with Gasteiger partial charge in [0, 0.05) is 0 Å². The second kappa shape index (κ2) is 6.25. The Morgan fingerprint density at radius 2 is 1.95 bits per heavy atom. The van der Waals surface area contributed by atoms with Crippen molar-refractivity contribution >= 4 is 16.9 Å². The lowest BCUT2D eigenvalue weighted by Crippen LogP contribution is -2.08. The highest BCUT2D eigenvalue weighted by atomic mass is 19.3. The van der Waals surface area contributed by atoms with Crippen LogP contribution in [-0.2, 0) is 6.54 Å². The van der Waals surface area contributed by atoms with E-state index in [0.29, 0.717) is 18.2 Å². The van der Waals surface area contributed by atoms with Crippen LogP contribution in [-0.4, -0.2) is 33.5 Å². The zero-order valence-electron chi connectivity index (χ0n) is 11.0. The molecule has 0 radical (unpaired) electrons. The molecule has 0 saturated heterocycles. The summed E-state index contributed by atoms with van der Waals surface area (Å²) in [4.78, 5) is 4.26. The molecule has 3 rings (SSSR count). The highest BCUT2D eigenvalue weighted by molar-refractivity contribution is 5.81. The second-order valence-electron chi connectivity index (χ2n) is 3.92. The number of hydrogen-bond donors (Lipinski definition) is 1. The summed E-state index contributed by atoms with van der Waals surface area (Å²) in [5, 5.41) is 7.04. The van der Waals surface area contributed by atoms with E-state index in [1.807, 2.05) is 0 Å². The Labute approximate surface area is 117 Å². The molecule has 6 nitrogen and oxygen atoms in total. The van der Waals surface area contributed by atoms with Crippen LogP contribution < -0.4 is 5.73 Å². The third kappa shape index (κ3) is 2.81. The van der Waals surface area contributed by atoms with Gasteiger partial charge in [0.25, 0.3) is 6.43 Å². The number of hydrogen-bond acceptors (Lipinski definition) is 5. The lowest BCUT2D eigenvalue weighted by atomic mass is 10.3. The van der Waals surface area contributed by atoms with E-state index in [9.17, 15) is 13.2 Å². The highest BCUT2D eigenvalue weighted by Gasteiger charge is 2.20. The normalized spacial score (nSPS) is 10.7. The van der Waals surface area contributed by atoms with Crippen LogP contribution in [0.1, 0.15) is 0 Å². The zero-order valence-corrected chi connectivity index (χ0v) is 11.0. The van der Waals surface area contributed by atoms with Gasteiger partial charge in [0.1, 0.15) is 0 Å². The van der Waals surface area contributed by atoms with Crippen LogP contribution in [0, 0.1) is 0 Å². The summed E-state index contributed by atoms with van der Waals surface area (Å²) in [6, 6.07) is 6.96. The van der Waals surface area contributed by atoms with Gasteiger partial charge in [-0.2, -0.15) is 0 Å². The van der Waals surface area contributed by atoms with Crippen molar-refractivity contribution in [1.82, 2.24) is 19.9 Å². The fourth-order valence-corrected chi connectivity index (χ4v) is 1.93. The minimum atomic E-state index is -2.52. The first-order valence-corrected chi connectivity index (χ1v) is 5.86. The molecule has 0 amide bonds. The van der Waals surface area contributed by atoms with Crippen LogP contribution in [0.3, 0.4) is 0 Å². The van der Waals surface area contributed by atoms with Crippen molar-refractivity contribution in [3.05, 3.63) is 24.3 Å². The molecular weight excluding hydrogens is 287 g/mol. The van der Waals surface area contributed by atoms with Gasteiger partial charge in [0.05, 0.1) is 24.8 Å². The number of nitrogens with two attached hydrogens (primary N) is 1. The molecule has 0 bridgehead atoms. The first kappa shape index (κ1) is 14.8. The topological polar surface area (TPSA) is 82.8 Å². The van der Waals surface area contributed by atoms with E-state index < -0.39 is 13.0 Å². The van der Waals surface area contributed by atoms with Gasteiger partial charge in [0.2, 0.25) is 0 Å². The van der Waals surface area contributed by atoms with Crippen molar-refractivity contribution in [3.8, 4) is 11.5 Å². The summed E-state index contributed by atoms with van der Waals surface area (Å²) in [7, 11) is 0.500. The monoisotopic (exact) mass is 299 g/mol. The van der Waals surface area contributed by atoms with Crippen molar-refractivity contribution in [2.24, 2.45) is 0 Å². The smallest absolute Gasteiger partial charge is 0.256 e. The molecule has 0 aliphatic heterocycles. The number of para-hydroxylation sites is 2. The number of fused-ring (bicyclic) bond motifs is 1. The molecule has 0 unspecified atom stereocenters. The highest BCUT2D eigenvalue weighted by Crippen LogP contribution is 2.27. The van der Waals surface area contributed by atoms with Gasteiger partial charge in [-0.05, 0) is 22.4 Å². The van der Waals surface area contributed by atoms with Crippen molar-refractivity contribution < 1.29 is 17.8 Å². The molecule has 2 aromatic heterocycles. The van der Waals surface area contributed by atoms with E-state index in [-0.39, 0.29) is 17.3 Å². The second-order valence-corrected chi connectivity index (χ2v) is 3.92. The van der Waals surface area contributed by atoms with Gasteiger partial charge < -0.3 is 10.3 Å². The molecule has 21 heavy (non-hydrogen) atoms. The molecule has 0 fully saturated rings. The standard InChI is InChI=1S/C11H9F2N5O.CH3F/c12-8(13)5-18-7-4-2-1-3-6(7)15-11(18)9-10(14)17-19-16-9;1-2/h1-4,8H,5H2,(H2,14,17);1H3. The molecule has 0 aliphatic rings. The van der Waals surface area contributed by atoms with Crippen molar-refractivity contribution in [2.45, 2.75) is 13.0 Å². The first-order chi connectivity index (χ1) is 10.2. The molecule has 0 saturated carbocycles. The minimum Gasteiger partial charge on any atom is -0.379 e. The van der Waals surface area contributed by atoms with Crippen LogP contribution >= 0.6 is 0 Å². The zero-order chi connectivity index (χ0) is 15.4. The van der Waals surface area contributed by atoms with Crippen LogP contribution in [0.2, 0.25) is 0 Å². The Kier molecular flexibility index (Phi) is 4.41. The fourth-order valence-electron chi connectivity index (χ4n) is 1.93. The molecule has 112 valence electrons. The van der Waals surface area contributed by atoms with Crippen molar-refractivity contribution in [3.63, 3.8) is 0 Å². The van der Waals surface area contributed by atoms with Crippen LogP contribution in [0.25, 0.3) is 22.6 Å². The van der Waals surface area contributed by atoms with Crippen LogP contribution in [0.4, 0.5) is 19.0 Å². The van der Waals surface area contributed by atoms with Crippen LogP contribution in [0.15, 0.2) is 28.9 Å². The summed E-state index contributed by atoms with van der Waals surface area (Å²) in [6.45, 7) is -0.498. The van der Waals surface area contributed by atoms with Crippen molar-refractivity contribution in [2.75, 3.05) is 12.9 Å². The number of aromatic nitrogens is 4. The number of benzene rings is 1. The summed E-state index contributed by atoms with van der Waals surface area (Å²) < 4.78 is 40.8. The average Bonchev–Trinajstić information content (AvgIpc) is 3.05. The summed E-state index contributed by atoms with van der Waals surface area (Å²) in [6.07, 6.45) is -2.52. The maximum Gasteiger partial charge on any atom is 0.256 e. The fraction of sp³-hybridized carbons (Fsp3) is 0.250. The molecule has 9 heteroatoms. The Hall–Kier alpha value is -2.58. The molecule has 0 spiro atoms. The van der Waals surface area contributed by atoms with Gasteiger partial charge in [-0.1, -0.05) is 12.1 Å². The summed E-state index contributed by atoms with van der Waals surface area (Å²) >= 11 is 0. The Morgan fingerprint density at radius 1 is 1.24 bits per heavy atom. The molecule has 0 aliphatic carbocycles. The van der Waals surface area contributed by atoms with Gasteiger partial charge in [0.15, 0.2) is 17.3 Å². The third-order valence-corrected chi connectivity index (χ3v) is 2.70. The van der Waals surface area contributed by atoms with Gasteiger partial charge in [-0.3, -0.25) is 4.39 Å². The van der Waals surface area contributed by atoms with Gasteiger partial charge in [-0.15, -0.1) is 0 Å². The van der Waals surface area contributed by atoms with E-state index >= 15 is 0 Å². The van der Waals surface area contributed by atoms with E-state index in [0.717, 1.165) is 0 Å². The SMILES string of the molecule is CF.Nc1nonc1-c1nc2ccccc2n1CC(F)F. The maximum atomic E-state index is 12.7. The van der Waals surface area contributed by atoms with Crippen molar-refractivity contribution in [1.29, 1.82) is 0 Å². The lowest BCUT2D eigenvalue weighted by Gasteiger charge is -2.06. The number of nitrogens with zero attached hydrogens (tertiary/aromatic N) is 4. The molecule has 2 heterocycles. The largest absolute Gasteiger partial charge is 0.379 e. The number of nitrogen functional groups attached to an aromatic ring is 1. The number of halogens is 3. The Bertz CT molecular complexity index is 725. The van der Waals surface area contributed by atoms with E-state index in [2.05, 4.69) is 19.9 Å². The average molecular weight is 299 g/mol. The third-order valence-electron chi connectivity index (χ3n) is 2.70. The lowest BCUT2D eigenvalue weighted by molar-refractivity contribution is 0.128. The van der Waals surface area contributed by atoms with E-state index in [1.54, 1.807) is 24.3 Å². The van der Waals surface area contributed by atoms with Gasteiger partial charge in [-0.25, -0.2) is 18.4 Å². The number of rotatable bonds is 3. The molecule has 1 aromatic carbocycles. The quantitative estimate of drug-likeness (QED) is 0.803. The number of anilines is 1. The number of alkyl halides is 3. The first-order valence-electron chi connectivity index (χ1n) is 5.86. The maximum absolute atomic E-state index is 12.7. The van der Waals surface area contributed by atoms with E-state index in [4.69, 9.17) is 5.73 Å². The number of imidazole rings is 1. The van der Waals surface area contributed by atoms with Crippen LogP contribution in [0.5, 0.6) is 0 Å². The molecule has 0 atom stereocenters. The molecule has 3 aromatic rings. The predicted octanol–water partition coefficient (Wildman–Crippen LogP) is 2.52. The minimum absolute atomic E-state index is 0.0193. The predicted molar refractivity (Wildman–Crippen MR) is 70.5 cm³/mol. The Balaban J connectivity index is 0.000000774. The van der Waals surface area contributed by atoms with Gasteiger partial charge >= 0.3 is 0 Å². The Morgan fingerprint density at radius 3 is 2.57 bits per heavy atom.